The lowest BCUT2D eigenvalue weighted by Gasteiger charge is -2.31. The van der Waals surface area contributed by atoms with Crippen molar-refractivity contribution in [2.24, 2.45) is 0 Å². The van der Waals surface area contributed by atoms with E-state index < -0.39 is 0 Å². The molecule has 0 spiro atoms. The van der Waals surface area contributed by atoms with E-state index in [-0.39, 0.29) is 23.9 Å². The second-order valence-electron chi connectivity index (χ2n) is 17.8. The fraction of sp³-hybridized carbons (Fsp3) is 0.245. The molecule has 6 aromatic heterocycles. The molecule has 11 rings (SSSR count). The molecule has 71 heavy (non-hydrogen) atoms. The zero-order valence-corrected chi connectivity index (χ0v) is 42.5. The minimum Gasteiger partial charge on any atom is -0.473 e. The van der Waals surface area contributed by atoms with E-state index in [1.165, 1.54) is 0 Å². The topological polar surface area (TPSA) is 179 Å². The number of H-pyrrole nitrogens is 3. The van der Waals surface area contributed by atoms with Crippen molar-refractivity contribution in [3.8, 4) is 28.1 Å². The van der Waals surface area contributed by atoms with E-state index in [9.17, 15) is 14.4 Å². The van der Waals surface area contributed by atoms with Gasteiger partial charge in [0.2, 0.25) is 5.88 Å². The normalized spacial score (nSPS) is 13.5. The van der Waals surface area contributed by atoms with Crippen molar-refractivity contribution in [1.29, 1.82) is 0 Å². The van der Waals surface area contributed by atoms with Crippen molar-refractivity contribution in [3.63, 3.8) is 0 Å². The zero-order chi connectivity index (χ0) is 50.0. The fourth-order valence-electron chi connectivity index (χ4n) is 9.89. The second kappa shape index (κ2) is 19.1. The first kappa shape index (κ1) is 47.8. The van der Waals surface area contributed by atoms with Gasteiger partial charge in [-0.1, -0.05) is 87.0 Å². The van der Waals surface area contributed by atoms with Gasteiger partial charge < -0.3 is 38.5 Å². The van der Waals surface area contributed by atoms with Gasteiger partial charge in [0, 0.05) is 85.4 Å². The number of hydrogen-bond acceptors (Lipinski definition) is 9. The lowest BCUT2D eigenvalue weighted by atomic mass is 9.92. The van der Waals surface area contributed by atoms with Gasteiger partial charge >= 0.3 is 0 Å². The molecule has 8 heterocycles. The molecule has 0 radical (unpaired) electrons. The van der Waals surface area contributed by atoms with Gasteiger partial charge in [-0.3, -0.25) is 14.4 Å². The summed E-state index contributed by atoms with van der Waals surface area (Å²) < 4.78 is 16.9. The van der Waals surface area contributed by atoms with Crippen molar-refractivity contribution in [3.05, 3.63) is 171 Å². The van der Waals surface area contributed by atoms with E-state index in [1.54, 1.807) is 35.1 Å². The number of carbonyl (C=O) groups is 2. The first-order valence-corrected chi connectivity index (χ1v) is 24.4. The smallest absolute Gasteiger partial charge is 0.256 e. The Labute approximate surface area is 427 Å². The van der Waals surface area contributed by atoms with Crippen LogP contribution in [0, 0.1) is 41.5 Å². The summed E-state index contributed by atoms with van der Waals surface area (Å²) in [5.74, 6) is 1.29. The van der Waals surface area contributed by atoms with Crippen LogP contribution in [-0.4, -0.2) is 65.0 Å². The maximum absolute atomic E-state index is 14.0. The third-order valence-electron chi connectivity index (χ3n) is 13.4. The maximum Gasteiger partial charge on any atom is 0.256 e. The molecular weight excluding hydrogens is 986 g/mol. The van der Waals surface area contributed by atoms with Crippen LogP contribution in [0.5, 0.6) is 5.88 Å². The largest absolute Gasteiger partial charge is 0.473 e. The van der Waals surface area contributed by atoms with Crippen LogP contribution >= 0.6 is 46.4 Å². The van der Waals surface area contributed by atoms with Crippen molar-refractivity contribution >= 4 is 80.0 Å². The number of pyridine rings is 2. The van der Waals surface area contributed by atoms with Crippen molar-refractivity contribution in [2.75, 3.05) is 13.1 Å². The Kier molecular flexibility index (Phi) is 12.8. The summed E-state index contributed by atoms with van der Waals surface area (Å²) >= 11 is 27.0. The van der Waals surface area contributed by atoms with Crippen molar-refractivity contribution in [1.82, 2.24) is 40.0 Å². The molecule has 2 aliphatic rings. The molecule has 9 aromatic rings. The number of ether oxygens (including phenoxy) is 1. The molecule has 0 aliphatic carbocycles. The van der Waals surface area contributed by atoms with Gasteiger partial charge in [0.1, 0.15) is 18.1 Å². The van der Waals surface area contributed by atoms with E-state index in [0.29, 0.717) is 116 Å². The van der Waals surface area contributed by atoms with Crippen LogP contribution in [-0.2, 0) is 32.5 Å². The minimum absolute atomic E-state index is 0.172. The zero-order valence-electron chi connectivity index (χ0n) is 39.5. The average Bonchev–Trinajstić information content (AvgIpc) is 4.18. The Hall–Kier alpha value is -6.84. The number of aryl methyl sites for hydroxylation is 6. The van der Waals surface area contributed by atoms with Crippen molar-refractivity contribution < 1.29 is 23.4 Å². The van der Waals surface area contributed by atoms with Crippen LogP contribution < -0.4 is 10.3 Å². The van der Waals surface area contributed by atoms with Gasteiger partial charge in [0.25, 0.3) is 17.4 Å². The van der Waals surface area contributed by atoms with Gasteiger partial charge in [0.05, 0.1) is 62.4 Å². The predicted molar refractivity (Wildman–Crippen MR) is 275 cm³/mol. The molecule has 2 aliphatic heterocycles. The summed E-state index contributed by atoms with van der Waals surface area (Å²) in [6, 6.07) is 17.4. The summed E-state index contributed by atoms with van der Waals surface area (Å²) in [4.78, 5) is 57.7. The Morgan fingerprint density at radius 2 is 1.14 bits per heavy atom. The third kappa shape index (κ3) is 8.56. The number of hydrogen-bond donors (Lipinski definition) is 3. The highest BCUT2D eigenvalue weighted by Gasteiger charge is 2.34. The molecule has 3 N–H and O–H groups in total. The number of aromatic nitrogens is 6. The van der Waals surface area contributed by atoms with Crippen LogP contribution in [0.1, 0.15) is 82.8 Å². The summed E-state index contributed by atoms with van der Waals surface area (Å²) in [6.45, 7) is 12.8. The second-order valence-corrected chi connectivity index (χ2v) is 19.4. The highest BCUT2D eigenvalue weighted by Crippen LogP contribution is 2.44. The molecule has 0 bridgehead atoms. The molecular formula is C53H46Cl4N8O6. The average molecular weight is 1030 g/mol. The monoisotopic (exact) mass is 1030 g/mol. The van der Waals surface area contributed by atoms with Crippen LogP contribution in [0.25, 0.3) is 44.1 Å². The minimum atomic E-state index is -0.254. The molecule has 0 saturated heterocycles. The molecule has 0 unspecified atom stereocenters. The van der Waals surface area contributed by atoms with Gasteiger partial charge in [-0.25, -0.2) is 4.98 Å². The predicted octanol–water partition coefficient (Wildman–Crippen LogP) is 12.2. The summed E-state index contributed by atoms with van der Waals surface area (Å²) in [5, 5.41) is 11.5. The van der Waals surface area contributed by atoms with E-state index in [0.717, 1.165) is 66.6 Å². The van der Waals surface area contributed by atoms with Gasteiger partial charge in [-0.2, -0.15) is 0 Å². The van der Waals surface area contributed by atoms with Crippen LogP contribution in [0.2, 0.25) is 20.1 Å². The van der Waals surface area contributed by atoms with Gasteiger partial charge in [-0.05, 0) is 95.3 Å². The molecule has 3 aromatic carbocycles. The summed E-state index contributed by atoms with van der Waals surface area (Å²) in [5.41, 5.74) is 11.9. The fourth-order valence-corrected chi connectivity index (χ4v) is 11.2. The number of carbonyl (C=O) groups excluding carboxylic acids is 2. The highest BCUT2D eigenvalue weighted by molar-refractivity contribution is 6.40. The van der Waals surface area contributed by atoms with E-state index in [2.05, 4.69) is 25.3 Å². The number of fused-ring (bicyclic) bond motifs is 4. The molecule has 14 nitrogen and oxygen atoms in total. The van der Waals surface area contributed by atoms with Gasteiger partial charge in [-0.15, -0.1) is 0 Å². The van der Waals surface area contributed by atoms with E-state index >= 15 is 0 Å². The standard InChI is InChI=1S/C30H26Cl2N4O3.C23H20Cl2N4O3/c1-16-25(18(3)39-35-16)22-13-24(31)21-10-12-36(30(37)26(21)27(22)32)14-23-20-9-11-33-28(20)17(2)34-29(23)38-15-19-7-5-4-6-8-19;1-10-18(12(3)32-28-10)15-8-17(24)14-5-7-29(23(31)19(14)20(15)25)9-16-13-4-6-26-21(13)11(2)27-22(16)30/h4-9,11,13,33H,10,12,14-15H2,1-3H3;4,6,8,26H,5,7,9H2,1-3H3,(H,27,30). The highest BCUT2D eigenvalue weighted by atomic mass is 35.5. The Morgan fingerprint density at radius 3 is 1.66 bits per heavy atom. The lowest BCUT2D eigenvalue weighted by molar-refractivity contribution is 0.0719. The maximum atomic E-state index is 14.0. The van der Waals surface area contributed by atoms with Crippen LogP contribution in [0.4, 0.5) is 0 Å². The summed E-state index contributed by atoms with van der Waals surface area (Å²) in [7, 11) is 0. The number of nitrogens with zero attached hydrogens (tertiary/aromatic N) is 5. The van der Waals surface area contributed by atoms with Crippen molar-refractivity contribution in [2.45, 2.75) is 74.1 Å². The van der Waals surface area contributed by atoms with Gasteiger partial charge in [0.15, 0.2) is 0 Å². The third-order valence-corrected chi connectivity index (χ3v) is 14.9. The molecule has 18 heteroatoms. The van der Waals surface area contributed by atoms with Crippen LogP contribution in [0.15, 0.2) is 80.8 Å². The number of rotatable bonds is 9. The molecule has 362 valence electrons. The Morgan fingerprint density at radius 1 is 0.634 bits per heavy atom. The number of nitrogens with one attached hydrogen (secondary N) is 3. The first-order valence-electron chi connectivity index (χ1n) is 22.9. The number of halogens is 4. The van der Waals surface area contributed by atoms with Crippen LogP contribution in [0.3, 0.4) is 0 Å². The molecule has 2 amide bonds. The SMILES string of the molecule is Cc1noc(C)c1-c1cc(Cl)c2c(c1Cl)C(=O)N(Cc1c(=O)[nH]c(C)c3[nH]ccc13)CC2.Cc1noc(C)c1-c1cc(Cl)c2c(c1Cl)C(=O)N(Cc1c(OCc3ccccc3)nc(C)c3[nH]ccc13)CC2. The first-order chi connectivity index (χ1) is 34.1. The summed E-state index contributed by atoms with van der Waals surface area (Å²) in [6.07, 6.45) is 4.79. The Bertz CT molecular complexity index is 3630. The van der Waals surface area contributed by atoms with E-state index in [4.69, 9.17) is 65.2 Å². The number of benzene rings is 3. The Balaban J connectivity index is 0.000000167. The number of aromatic amines is 3. The lowest BCUT2D eigenvalue weighted by Crippen LogP contribution is -2.39. The molecule has 0 atom stereocenters. The molecule has 0 saturated carbocycles. The quantitative estimate of drug-likeness (QED) is 0.127. The molecule has 0 fully saturated rings. The van der Waals surface area contributed by atoms with E-state index in [1.807, 2.05) is 83.3 Å². The number of amides is 2.